The third kappa shape index (κ3) is 6.24. The van der Waals surface area contributed by atoms with Crippen molar-refractivity contribution in [3.8, 4) is 0 Å². The molecule has 0 saturated carbocycles. The van der Waals surface area contributed by atoms with Crippen LogP contribution in [0.1, 0.15) is 20.8 Å². The molecule has 0 aliphatic carbocycles. The smallest absolute Gasteiger partial charge is 0.317 e. The lowest BCUT2D eigenvalue weighted by Crippen LogP contribution is -2.50. The second-order valence-corrected chi connectivity index (χ2v) is 7.72. The van der Waals surface area contributed by atoms with Crippen LogP contribution in [0.4, 0.5) is 4.79 Å². The van der Waals surface area contributed by atoms with E-state index in [0.29, 0.717) is 19.1 Å². The van der Waals surface area contributed by atoms with Crippen LogP contribution in [0, 0.1) is 5.92 Å². The molecule has 0 radical (unpaired) electrons. The van der Waals surface area contributed by atoms with Crippen LogP contribution in [0.15, 0.2) is 0 Å². The highest BCUT2D eigenvalue weighted by Crippen LogP contribution is 2.04. The quantitative estimate of drug-likeness (QED) is 0.800. The van der Waals surface area contributed by atoms with Crippen molar-refractivity contribution in [2.24, 2.45) is 5.92 Å². The molecular formula is C12H24N2O4S. The van der Waals surface area contributed by atoms with E-state index in [1.54, 1.807) is 4.90 Å². The Morgan fingerprint density at radius 2 is 1.79 bits per heavy atom. The molecule has 0 aromatic heterocycles. The fourth-order valence-electron chi connectivity index (χ4n) is 1.74. The summed E-state index contributed by atoms with van der Waals surface area (Å²) in [6.45, 7) is 7.69. The topological polar surface area (TPSA) is 75.7 Å². The van der Waals surface area contributed by atoms with Gasteiger partial charge in [-0.1, -0.05) is 13.8 Å². The Labute approximate surface area is 115 Å². The predicted molar refractivity (Wildman–Crippen MR) is 73.9 cm³/mol. The molecular weight excluding hydrogens is 268 g/mol. The minimum Gasteiger partial charge on any atom is -0.379 e. The van der Waals surface area contributed by atoms with Gasteiger partial charge < -0.3 is 15.0 Å². The number of nitrogens with zero attached hydrogens (tertiary/aromatic N) is 1. The molecule has 2 amide bonds. The van der Waals surface area contributed by atoms with Gasteiger partial charge in [0.05, 0.1) is 24.2 Å². The first-order chi connectivity index (χ1) is 8.80. The van der Waals surface area contributed by atoms with Crippen molar-refractivity contribution in [2.75, 3.05) is 37.8 Å². The number of carbonyl (C=O) groups is 1. The van der Waals surface area contributed by atoms with E-state index in [4.69, 9.17) is 4.74 Å². The summed E-state index contributed by atoms with van der Waals surface area (Å²) in [6, 6.07) is -0.291. The van der Waals surface area contributed by atoms with Gasteiger partial charge in [0.15, 0.2) is 9.84 Å². The number of rotatable bonds is 5. The average Bonchev–Trinajstić information content (AvgIpc) is 2.27. The van der Waals surface area contributed by atoms with Gasteiger partial charge in [-0.25, -0.2) is 13.2 Å². The average molecular weight is 292 g/mol. The van der Waals surface area contributed by atoms with E-state index in [1.165, 1.54) is 0 Å². The molecule has 19 heavy (non-hydrogen) atoms. The molecule has 112 valence electrons. The normalized spacial score (nSPS) is 20.3. The molecule has 0 bridgehead atoms. The Morgan fingerprint density at radius 1 is 1.21 bits per heavy atom. The third-order valence-corrected chi connectivity index (χ3v) is 4.43. The van der Waals surface area contributed by atoms with E-state index in [1.807, 2.05) is 6.92 Å². The van der Waals surface area contributed by atoms with Crippen LogP contribution in [0.25, 0.3) is 0 Å². The minimum absolute atomic E-state index is 0.0542. The molecule has 1 rings (SSSR count). The summed E-state index contributed by atoms with van der Waals surface area (Å²) in [6.07, 6.45) is 0. The Hall–Kier alpha value is -0.820. The number of hydrogen-bond donors (Lipinski definition) is 1. The van der Waals surface area contributed by atoms with Gasteiger partial charge in [-0.05, 0) is 12.8 Å². The van der Waals surface area contributed by atoms with Crippen LogP contribution in [0.2, 0.25) is 0 Å². The van der Waals surface area contributed by atoms with Crippen LogP contribution >= 0.6 is 0 Å². The Morgan fingerprint density at radius 3 is 2.32 bits per heavy atom. The van der Waals surface area contributed by atoms with E-state index in [-0.39, 0.29) is 36.7 Å². The first kappa shape index (κ1) is 16.2. The van der Waals surface area contributed by atoms with Gasteiger partial charge in [-0.15, -0.1) is 0 Å². The van der Waals surface area contributed by atoms with Gasteiger partial charge in [0.2, 0.25) is 0 Å². The van der Waals surface area contributed by atoms with Crippen molar-refractivity contribution in [1.29, 1.82) is 0 Å². The summed E-state index contributed by atoms with van der Waals surface area (Å²) in [7, 11) is -2.95. The van der Waals surface area contributed by atoms with Crippen LogP contribution in [0.3, 0.4) is 0 Å². The minimum atomic E-state index is -2.95. The fourth-order valence-corrected chi connectivity index (χ4v) is 2.94. The van der Waals surface area contributed by atoms with Crippen LogP contribution < -0.4 is 5.32 Å². The summed E-state index contributed by atoms with van der Waals surface area (Å²) in [4.78, 5) is 13.4. The number of ether oxygens (including phenoxy) is 1. The highest BCUT2D eigenvalue weighted by molar-refractivity contribution is 7.91. The Balaban J connectivity index is 2.27. The molecule has 6 nitrogen and oxygen atoms in total. The fraction of sp³-hybridized carbons (Fsp3) is 0.917. The second kappa shape index (κ2) is 7.09. The van der Waals surface area contributed by atoms with Crippen LogP contribution in [0.5, 0.6) is 0 Å². The highest BCUT2D eigenvalue weighted by Gasteiger charge is 2.25. The predicted octanol–water partition coefficient (Wildman–Crippen LogP) is 0.488. The molecule has 1 unspecified atom stereocenters. The second-order valence-electron chi connectivity index (χ2n) is 5.42. The van der Waals surface area contributed by atoms with Gasteiger partial charge in [0.1, 0.15) is 0 Å². The van der Waals surface area contributed by atoms with E-state index in [0.717, 1.165) is 0 Å². The standard InChI is InChI=1S/C12H24N2O4S/c1-10(2)8-18-9-11(3)13-12(15)14-4-6-19(16,17)7-5-14/h10-11H,4-9H2,1-3H3,(H,13,15). The Bertz CT molecular complexity index is 381. The number of hydrogen-bond acceptors (Lipinski definition) is 4. The number of amides is 2. The molecule has 1 heterocycles. The summed E-state index contributed by atoms with van der Waals surface area (Å²) in [5.41, 5.74) is 0. The number of sulfone groups is 1. The zero-order valence-electron chi connectivity index (χ0n) is 11.9. The molecule has 1 aliphatic heterocycles. The summed E-state index contributed by atoms with van der Waals surface area (Å²) >= 11 is 0. The molecule has 1 fully saturated rings. The van der Waals surface area contributed by atoms with E-state index in [9.17, 15) is 13.2 Å². The molecule has 0 aromatic rings. The van der Waals surface area contributed by atoms with Crippen molar-refractivity contribution in [1.82, 2.24) is 10.2 Å². The molecule has 1 saturated heterocycles. The molecule has 1 N–H and O–H groups in total. The first-order valence-electron chi connectivity index (χ1n) is 6.64. The van der Waals surface area contributed by atoms with E-state index >= 15 is 0 Å². The molecule has 7 heteroatoms. The maximum Gasteiger partial charge on any atom is 0.317 e. The number of urea groups is 1. The molecule has 1 atom stereocenters. The molecule has 0 spiro atoms. The van der Waals surface area contributed by atoms with Crippen molar-refractivity contribution in [3.63, 3.8) is 0 Å². The summed E-state index contributed by atoms with van der Waals surface area (Å²) < 4.78 is 28.0. The maximum atomic E-state index is 11.9. The first-order valence-corrected chi connectivity index (χ1v) is 8.46. The van der Waals surface area contributed by atoms with Crippen LogP contribution in [-0.4, -0.2) is 63.2 Å². The van der Waals surface area contributed by atoms with Gasteiger partial charge in [-0.2, -0.15) is 0 Å². The lowest BCUT2D eigenvalue weighted by atomic mass is 10.2. The third-order valence-electron chi connectivity index (χ3n) is 2.82. The SMILES string of the molecule is CC(C)COCC(C)NC(=O)N1CCS(=O)(=O)CC1. The molecule has 1 aliphatic rings. The van der Waals surface area contributed by atoms with Gasteiger partial charge in [0, 0.05) is 19.7 Å². The lowest BCUT2D eigenvalue weighted by Gasteiger charge is -2.28. The van der Waals surface area contributed by atoms with Gasteiger partial charge in [-0.3, -0.25) is 0 Å². The van der Waals surface area contributed by atoms with Crippen molar-refractivity contribution in [2.45, 2.75) is 26.8 Å². The van der Waals surface area contributed by atoms with Crippen molar-refractivity contribution >= 4 is 15.9 Å². The van der Waals surface area contributed by atoms with E-state index < -0.39 is 9.84 Å². The number of carbonyl (C=O) groups excluding carboxylic acids is 1. The van der Waals surface area contributed by atoms with E-state index in [2.05, 4.69) is 19.2 Å². The van der Waals surface area contributed by atoms with Gasteiger partial charge in [0.25, 0.3) is 0 Å². The van der Waals surface area contributed by atoms with Crippen molar-refractivity contribution in [3.05, 3.63) is 0 Å². The zero-order chi connectivity index (χ0) is 14.5. The summed E-state index contributed by atoms with van der Waals surface area (Å²) in [5, 5.41) is 2.82. The largest absolute Gasteiger partial charge is 0.379 e. The van der Waals surface area contributed by atoms with Crippen molar-refractivity contribution < 1.29 is 17.9 Å². The maximum absolute atomic E-state index is 11.9. The monoisotopic (exact) mass is 292 g/mol. The van der Waals surface area contributed by atoms with Gasteiger partial charge >= 0.3 is 6.03 Å². The Kier molecular flexibility index (Phi) is 6.06. The highest BCUT2D eigenvalue weighted by atomic mass is 32.2. The number of nitrogens with one attached hydrogen (secondary N) is 1. The lowest BCUT2D eigenvalue weighted by molar-refractivity contribution is 0.0934. The zero-order valence-corrected chi connectivity index (χ0v) is 12.7. The summed E-state index contributed by atoms with van der Waals surface area (Å²) in [5.74, 6) is 0.576. The van der Waals surface area contributed by atoms with Crippen LogP contribution in [-0.2, 0) is 14.6 Å². The molecule has 0 aromatic carbocycles.